The van der Waals surface area contributed by atoms with Crippen molar-refractivity contribution in [2.45, 2.75) is 71.1 Å². The fourth-order valence-corrected chi connectivity index (χ4v) is 4.25. The van der Waals surface area contributed by atoms with Gasteiger partial charge in [0.05, 0.1) is 28.9 Å². The second-order valence-corrected chi connectivity index (χ2v) is 10.1. The molecule has 1 aromatic carbocycles. The van der Waals surface area contributed by atoms with Crippen LogP contribution in [0.5, 0.6) is 5.75 Å². The van der Waals surface area contributed by atoms with E-state index in [0.29, 0.717) is 35.0 Å². The first-order valence-corrected chi connectivity index (χ1v) is 12.8. The first-order valence-electron chi connectivity index (χ1n) is 12.5. The summed E-state index contributed by atoms with van der Waals surface area (Å²) in [5, 5.41) is 10.3. The zero-order valence-electron chi connectivity index (χ0n) is 21.1. The first-order chi connectivity index (χ1) is 16.8. The first kappa shape index (κ1) is 27.3. The highest BCUT2D eigenvalue weighted by molar-refractivity contribution is 6.47. The highest BCUT2D eigenvalue weighted by Gasteiger charge is 2.27. The van der Waals surface area contributed by atoms with Crippen molar-refractivity contribution in [1.82, 2.24) is 10.4 Å². The number of hydrogen-bond donors (Lipinski definition) is 2. The number of nitrogens with one attached hydrogen (secondary N) is 1. The van der Waals surface area contributed by atoms with Crippen LogP contribution in [0.15, 0.2) is 59.1 Å². The fraction of sp³-hybridized carbons (Fsp3) is 0.500. The van der Waals surface area contributed by atoms with E-state index in [1.54, 1.807) is 24.3 Å². The van der Waals surface area contributed by atoms with Crippen molar-refractivity contribution in [3.05, 3.63) is 64.7 Å². The lowest BCUT2D eigenvalue weighted by atomic mass is 9.99. The van der Waals surface area contributed by atoms with E-state index in [1.165, 1.54) is 5.57 Å². The molecule has 7 heteroatoms. The fourth-order valence-electron chi connectivity index (χ4n) is 4.02. The van der Waals surface area contributed by atoms with Gasteiger partial charge in [-0.1, -0.05) is 47.6 Å². The van der Waals surface area contributed by atoms with Crippen molar-refractivity contribution in [1.29, 1.82) is 0 Å². The Hall–Kier alpha value is -2.25. The van der Waals surface area contributed by atoms with Gasteiger partial charge in [0.15, 0.2) is 0 Å². The molecule has 0 bridgehead atoms. The lowest BCUT2D eigenvalue weighted by molar-refractivity contribution is 0.104. The Labute approximate surface area is 214 Å². The number of aliphatic imine (C=N–C) groups is 1. The predicted octanol–water partition coefficient (Wildman–Crippen LogP) is 5.81. The number of carbonyl (C=O) groups excluding carboxylic acids is 1. The molecule has 3 rings (SSSR count). The molecule has 2 unspecified atom stereocenters. The third-order valence-corrected chi connectivity index (χ3v) is 6.70. The van der Waals surface area contributed by atoms with Gasteiger partial charge in [-0.15, -0.1) is 0 Å². The quantitative estimate of drug-likeness (QED) is 0.146. The molecule has 35 heavy (non-hydrogen) atoms. The van der Waals surface area contributed by atoms with E-state index < -0.39 is 0 Å². The number of ether oxygens (including phenoxy) is 1. The Balaban J connectivity index is 1.73. The van der Waals surface area contributed by atoms with Crippen molar-refractivity contribution >= 4 is 23.1 Å². The second-order valence-electron chi connectivity index (χ2n) is 9.65. The maximum absolute atomic E-state index is 13.5. The number of hydroxylamine groups is 1. The van der Waals surface area contributed by atoms with Gasteiger partial charge >= 0.3 is 0 Å². The third-order valence-electron chi connectivity index (χ3n) is 6.41. The van der Waals surface area contributed by atoms with Crippen molar-refractivity contribution < 1.29 is 14.7 Å². The van der Waals surface area contributed by atoms with Crippen LogP contribution in [0.4, 0.5) is 0 Å². The number of benzene rings is 1. The van der Waals surface area contributed by atoms with Crippen LogP contribution in [0.1, 0.15) is 63.2 Å². The molecular weight excluding hydrogens is 462 g/mol. The summed E-state index contributed by atoms with van der Waals surface area (Å²) in [7, 11) is 0. The summed E-state index contributed by atoms with van der Waals surface area (Å²) in [5.74, 6) is 0.480. The zero-order valence-corrected chi connectivity index (χ0v) is 21.9. The van der Waals surface area contributed by atoms with Gasteiger partial charge in [-0.3, -0.25) is 14.7 Å². The molecule has 1 aliphatic carbocycles. The topological polar surface area (TPSA) is 74.2 Å². The van der Waals surface area contributed by atoms with Gasteiger partial charge < -0.3 is 9.94 Å². The van der Waals surface area contributed by atoms with E-state index in [4.69, 9.17) is 21.3 Å². The number of likely N-dealkylation sites (tertiary alicyclic amines) is 1. The van der Waals surface area contributed by atoms with Gasteiger partial charge in [-0.05, 0) is 84.2 Å². The van der Waals surface area contributed by atoms with Crippen LogP contribution in [0, 0.1) is 0 Å². The Morgan fingerprint density at radius 2 is 2.11 bits per heavy atom. The van der Waals surface area contributed by atoms with E-state index in [1.807, 2.05) is 19.9 Å². The Bertz CT molecular complexity index is 993. The van der Waals surface area contributed by atoms with E-state index in [9.17, 15) is 10.0 Å². The largest absolute Gasteiger partial charge is 0.489 e. The van der Waals surface area contributed by atoms with E-state index in [2.05, 4.69) is 30.0 Å². The standard InChI is InChI=1S/C28H38ClN3O3/c1-5-7-19(2)16-20(3)8-12-25(31-34)21(4)30-26(18-32-14-6-15-32)28(33)22-9-13-27(24(29)17-22)35-23-10-11-23/h5,7,9,13,16-17,21,23,25,31,34H,1,6,8,10-12,14-15,18H2,2-4H3/b19-7+,20-16+,30-26?. The number of allylic oxidation sites excluding steroid dienone is 5. The Morgan fingerprint density at radius 3 is 2.69 bits per heavy atom. The number of halogens is 1. The highest BCUT2D eigenvalue weighted by Crippen LogP contribution is 2.32. The Kier molecular flexibility index (Phi) is 10.3. The van der Waals surface area contributed by atoms with Crippen LogP contribution < -0.4 is 10.2 Å². The summed E-state index contributed by atoms with van der Waals surface area (Å²) in [6.45, 7) is 12.2. The summed E-state index contributed by atoms with van der Waals surface area (Å²) in [5.41, 5.74) is 5.74. The molecule has 1 aliphatic heterocycles. The molecule has 0 amide bonds. The molecule has 1 saturated carbocycles. The van der Waals surface area contributed by atoms with Gasteiger partial charge in [0.25, 0.3) is 0 Å². The molecule has 1 heterocycles. The number of carbonyl (C=O) groups is 1. The molecule has 190 valence electrons. The van der Waals surface area contributed by atoms with E-state index in [-0.39, 0.29) is 24.0 Å². The van der Waals surface area contributed by atoms with Crippen LogP contribution in [0.25, 0.3) is 0 Å². The lowest BCUT2D eigenvalue weighted by Crippen LogP contribution is -2.44. The molecule has 2 N–H and O–H groups in total. The van der Waals surface area contributed by atoms with Crippen molar-refractivity contribution in [3.63, 3.8) is 0 Å². The van der Waals surface area contributed by atoms with Gasteiger partial charge in [-0.2, -0.15) is 0 Å². The van der Waals surface area contributed by atoms with E-state index >= 15 is 0 Å². The molecular formula is C28H38ClN3O3. The minimum Gasteiger partial charge on any atom is -0.489 e. The Morgan fingerprint density at radius 1 is 1.37 bits per heavy atom. The molecule has 1 aromatic rings. The number of rotatable bonds is 14. The highest BCUT2D eigenvalue weighted by atomic mass is 35.5. The summed E-state index contributed by atoms with van der Waals surface area (Å²) < 4.78 is 5.81. The maximum atomic E-state index is 13.5. The summed E-state index contributed by atoms with van der Waals surface area (Å²) in [6, 6.07) is 4.64. The molecule has 0 aromatic heterocycles. The van der Waals surface area contributed by atoms with Crippen molar-refractivity contribution in [2.24, 2.45) is 4.99 Å². The minimum absolute atomic E-state index is 0.137. The smallest absolute Gasteiger partial charge is 0.208 e. The van der Waals surface area contributed by atoms with Gasteiger partial charge in [0.1, 0.15) is 5.75 Å². The summed E-state index contributed by atoms with van der Waals surface area (Å²) >= 11 is 6.41. The van der Waals surface area contributed by atoms with Crippen LogP contribution in [0.3, 0.4) is 0 Å². The molecule has 0 radical (unpaired) electrons. The SMILES string of the molecule is C=C/C=C(C)/C=C(\C)CCC(NO)C(C)N=C(CN1CCC1)C(=O)c1ccc(OC2CC2)c(Cl)c1. The predicted molar refractivity (Wildman–Crippen MR) is 143 cm³/mol. The van der Waals surface area contributed by atoms with Gasteiger partial charge in [-0.25, -0.2) is 5.48 Å². The summed E-state index contributed by atoms with van der Waals surface area (Å²) in [4.78, 5) is 20.5. The van der Waals surface area contributed by atoms with Crippen LogP contribution >= 0.6 is 11.6 Å². The van der Waals surface area contributed by atoms with Gasteiger partial charge in [0, 0.05) is 12.1 Å². The van der Waals surface area contributed by atoms with Crippen molar-refractivity contribution in [2.75, 3.05) is 19.6 Å². The van der Waals surface area contributed by atoms with Crippen LogP contribution in [0.2, 0.25) is 5.02 Å². The summed E-state index contributed by atoms with van der Waals surface area (Å²) in [6.07, 6.45) is 10.8. The van der Waals surface area contributed by atoms with Gasteiger partial charge in [0.2, 0.25) is 5.78 Å². The van der Waals surface area contributed by atoms with E-state index in [0.717, 1.165) is 44.3 Å². The molecule has 1 saturated heterocycles. The average Bonchev–Trinajstić information content (AvgIpc) is 3.60. The molecule has 6 nitrogen and oxygen atoms in total. The van der Waals surface area contributed by atoms with Crippen LogP contribution in [-0.2, 0) is 0 Å². The number of hydrogen-bond acceptors (Lipinski definition) is 6. The second kappa shape index (κ2) is 13.2. The molecule has 2 atom stereocenters. The monoisotopic (exact) mass is 499 g/mol. The third kappa shape index (κ3) is 8.43. The average molecular weight is 500 g/mol. The maximum Gasteiger partial charge on any atom is 0.208 e. The normalized spacial score (nSPS) is 19.2. The lowest BCUT2D eigenvalue weighted by Gasteiger charge is -2.31. The van der Waals surface area contributed by atoms with Crippen LogP contribution in [-0.4, -0.2) is 59.4 Å². The van der Waals surface area contributed by atoms with Crippen molar-refractivity contribution in [3.8, 4) is 5.75 Å². The minimum atomic E-state index is -0.286. The molecule has 0 spiro atoms. The molecule has 2 fully saturated rings. The number of nitrogens with zero attached hydrogens (tertiary/aromatic N) is 2. The number of Topliss-reactive ketones (excluding diaryl/α,β-unsaturated/α-hetero) is 1. The molecule has 2 aliphatic rings. The zero-order chi connectivity index (χ0) is 25.4. The number of ketones is 1.